The third kappa shape index (κ3) is 2.49. The molecule has 0 aliphatic heterocycles. The van der Waals surface area contributed by atoms with Gasteiger partial charge >= 0.3 is 0 Å². The van der Waals surface area contributed by atoms with E-state index in [4.69, 9.17) is 5.73 Å². The Kier molecular flexibility index (Phi) is 3.83. The number of nitrogens with zero attached hydrogens (tertiary/aromatic N) is 2. The molecular weight excluding hydrogens is 326 g/mol. The van der Waals surface area contributed by atoms with E-state index in [1.54, 1.807) is 0 Å². The number of fused-ring (bicyclic) bond motifs is 1. The van der Waals surface area contributed by atoms with Gasteiger partial charge in [-0.2, -0.15) is 0 Å². The van der Waals surface area contributed by atoms with Crippen molar-refractivity contribution in [2.75, 3.05) is 0 Å². The molecular formula is C17H18BrN3. The lowest BCUT2D eigenvalue weighted by atomic mass is 10.0. The van der Waals surface area contributed by atoms with Crippen LogP contribution in [-0.2, 0) is 0 Å². The molecule has 0 radical (unpaired) electrons. The van der Waals surface area contributed by atoms with E-state index in [9.17, 15) is 0 Å². The maximum atomic E-state index is 6.32. The summed E-state index contributed by atoms with van der Waals surface area (Å²) in [6.45, 7) is 4.25. The molecule has 4 heteroatoms. The van der Waals surface area contributed by atoms with Gasteiger partial charge in [-0.05, 0) is 23.4 Å². The van der Waals surface area contributed by atoms with Crippen LogP contribution in [0.25, 0.3) is 16.5 Å². The van der Waals surface area contributed by atoms with Gasteiger partial charge in [0.1, 0.15) is 0 Å². The minimum atomic E-state index is -0.0325. The first-order valence-corrected chi connectivity index (χ1v) is 7.84. The van der Waals surface area contributed by atoms with E-state index in [0.29, 0.717) is 5.92 Å². The highest BCUT2D eigenvalue weighted by atomic mass is 79.9. The smallest absolute Gasteiger partial charge is 0.0994 e. The highest BCUT2D eigenvalue weighted by Crippen LogP contribution is 2.31. The molecule has 3 nitrogen and oxygen atoms in total. The summed E-state index contributed by atoms with van der Waals surface area (Å²) in [6.07, 6.45) is 3.70. The number of halogens is 1. The van der Waals surface area contributed by atoms with Gasteiger partial charge in [0.2, 0.25) is 0 Å². The van der Waals surface area contributed by atoms with Crippen molar-refractivity contribution in [3.63, 3.8) is 0 Å². The van der Waals surface area contributed by atoms with Crippen LogP contribution in [-0.4, -0.2) is 9.55 Å². The Hall–Kier alpha value is -1.65. The zero-order chi connectivity index (χ0) is 15.0. The van der Waals surface area contributed by atoms with E-state index >= 15 is 0 Å². The summed E-state index contributed by atoms with van der Waals surface area (Å²) in [5, 5.41) is 2.37. The van der Waals surface area contributed by atoms with Crippen molar-refractivity contribution < 1.29 is 0 Å². The zero-order valence-electron chi connectivity index (χ0n) is 12.1. The fourth-order valence-corrected chi connectivity index (χ4v) is 3.03. The van der Waals surface area contributed by atoms with Crippen LogP contribution < -0.4 is 5.73 Å². The molecule has 0 saturated heterocycles. The zero-order valence-corrected chi connectivity index (χ0v) is 13.7. The fourth-order valence-electron chi connectivity index (χ4n) is 2.55. The summed E-state index contributed by atoms with van der Waals surface area (Å²) in [5.41, 5.74) is 8.47. The van der Waals surface area contributed by atoms with Crippen molar-refractivity contribution >= 4 is 26.7 Å². The standard InChI is InChI=1S/C17H18BrN3/c1-11(2)17(19)16-9-20-10-21(16)15-8-7-14(18)12-5-3-4-6-13(12)15/h3-11,17H,19H2,1-2H3. The topological polar surface area (TPSA) is 43.8 Å². The second kappa shape index (κ2) is 5.62. The highest BCUT2D eigenvalue weighted by Gasteiger charge is 2.17. The largest absolute Gasteiger partial charge is 0.322 e. The molecule has 108 valence electrons. The Labute approximate surface area is 132 Å². The summed E-state index contributed by atoms with van der Waals surface area (Å²) in [6, 6.07) is 12.5. The molecule has 0 aliphatic carbocycles. The van der Waals surface area contributed by atoms with Gasteiger partial charge < -0.3 is 10.3 Å². The first-order chi connectivity index (χ1) is 10.1. The van der Waals surface area contributed by atoms with E-state index in [-0.39, 0.29) is 6.04 Å². The molecule has 2 aromatic carbocycles. The van der Waals surface area contributed by atoms with Gasteiger partial charge in [-0.15, -0.1) is 0 Å². The van der Waals surface area contributed by atoms with Crippen LogP contribution in [0.5, 0.6) is 0 Å². The second-order valence-electron chi connectivity index (χ2n) is 5.57. The predicted molar refractivity (Wildman–Crippen MR) is 90.5 cm³/mol. The molecule has 0 fully saturated rings. The van der Waals surface area contributed by atoms with E-state index in [1.165, 1.54) is 10.8 Å². The highest BCUT2D eigenvalue weighted by molar-refractivity contribution is 9.10. The number of hydrogen-bond donors (Lipinski definition) is 1. The van der Waals surface area contributed by atoms with Crippen molar-refractivity contribution in [3.8, 4) is 5.69 Å². The lowest BCUT2D eigenvalue weighted by molar-refractivity contribution is 0.497. The van der Waals surface area contributed by atoms with E-state index in [1.807, 2.05) is 18.6 Å². The van der Waals surface area contributed by atoms with Gasteiger partial charge in [0.15, 0.2) is 0 Å². The first-order valence-electron chi connectivity index (χ1n) is 7.05. The minimum Gasteiger partial charge on any atom is -0.322 e. The average Bonchev–Trinajstić information content (AvgIpc) is 2.96. The normalized spacial score (nSPS) is 13.0. The Morgan fingerprint density at radius 2 is 1.81 bits per heavy atom. The van der Waals surface area contributed by atoms with Gasteiger partial charge in [0.25, 0.3) is 0 Å². The van der Waals surface area contributed by atoms with Crippen LogP contribution in [0.3, 0.4) is 0 Å². The Balaban J connectivity index is 2.23. The van der Waals surface area contributed by atoms with Gasteiger partial charge in [0, 0.05) is 15.9 Å². The maximum Gasteiger partial charge on any atom is 0.0994 e. The van der Waals surface area contributed by atoms with Crippen LogP contribution in [0.15, 0.2) is 53.4 Å². The fraction of sp³-hybridized carbons (Fsp3) is 0.235. The summed E-state index contributed by atoms with van der Waals surface area (Å²) < 4.78 is 3.19. The molecule has 1 atom stereocenters. The summed E-state index contributed by atoms with van der Waals surface area (Å²) in [5.74, 6) is 0.363. The lowest BCUT2D eigenvalue weighted by Crippen LogP contribution is -2.19. The molecule has 0 aliphatic rings. The molecule has 0 amide bonds. The Bertz CT molecular complexity index is 777. The van der Waals surface area contributed by atoms with E-state index in [2.05, 4.69) is 69.7 Å². The second-order valence-corrected chi connectivity index (χ2v) is 6.42. The summed E-state index contributed by atoms with van der Waals surface area (Å²) >= 11 is 3.62. The molecule has 1 unspecified atom stereocenters. The summed E-state index contributed by atoms with van der Waals surface area (Å²) in [4.78, 5) is 4.30. The number of aromatic nitrogens is 2. The lowest BCUT2D eigenvalue weighted by Gasteiger charge is -2.19. The number of imidazole rings is 1. The molecule has 0 bridgehead atoms. The van der Waals surface area contributed by atoms with E-state index in [0.717, 1.165) is 15.9 Å². The third-order valence-corrected chi connectivity index (χ3v) is 4.53. The van der Waals surface area contributed by atoms with Crippen molar-refractivity contribution in [1.82, 2.24) is 9.55 Å². The maximum absolute atomic E-state index is 6.32. The summed E-state index contributed by atoms with van der Waals surface area (Å²) in [7, 11) is 0. The van der Waals surface area contributed by atoms with Crippen molar-refractivity contribution in [2.24, 2.45) is 11.7 Å². The number of rotatable bonds is 3. The van der Waals surface area contributed by atoms with Gasteiger partial charge in [-0.3, -0.25) is 0 Å². The quantitative estimate of drug-likeness (QED) is 0.763. The Morgan fingerprint density at radius 3 is 2.52 bits per heavy atom. The molecule has 1 heterocycles. The van der Waals surface area contributed by atoms with Crippen molar-refractivity contribution in [3.05, 3.63) is 59.1 Å². The molecule has 3 rings (SSSR count). The first kappa shape index (κ1) is 14.3. The molecule has 2 N–H and O–H groups in total. The molecule has 1 aromatic heterocycles. The van der Waals surface area contributed by atoms with Crippen LogP contribution in [0, 0.1) is 5.92 Å². The van der Waals surface area contributed by atoms with Gasteiger partial charge in [-0.25, -0.2) is 4.98 Å². The minimum absolute atomic E-state index is 0.0325. The van der Waals surface area contributed by atoms with Crippen LogP contribution in [0.1, 0.15) is 25.6 Å². The Morgan fingerprint density at radius 1 is 1.10 bits per heavy atom. The molecule has 3 aromatic rings. The predicted octanol–water partition coefficient (Wildman–Crippen LogP) is 4.44. The molecule has 0 saturated carbocycles. The average molecular weight is 344 g/mol. The molecule has 21 heavy (non-hydrogen) atoms. The number of hydrogen-bond acceptors (Lipinski definition) is 2. The van der Waals surface area contributed by atoms with Crippen LogP contribution in [0.2, 0.25) is 0 Å². The SMILES string of the molecule is CC(C)C(N)c1cncn1-c1ccc(Br)c2ccccc12. The number of nitrogens with two attached hydrogens (primary N) is 1. The number of benzene rings is 2. The van der Waals surface area contributed by atoms with Gasteiger partial charge in [-0.1, -0.05) is 54.0 Å². The van der Waals surface area contributed by atoms with Crippen LogP contribution >= 0.6 is 15.9 Å². The third-order valence-electron chi connectivity index (χ3n) is 3.83. The van der Waals surface area contributed by atoms with Crippen molar-refractivity contribution in [2.45, 2.75) is 19.9 Å². The van der Waals surface area contributed by atoms with Crippen LogP contribution in [0.4, 0.5) is 0 Å². The molecule has 0 spiro atoms. The van der Waals surface area contributed by atoms with Crippen molar-refractivity contribution in [1.29, 1.82) is 0 Å². The van der Waals surface area contributed by atoms with Gasteiger partial charge in [0.05, 0.1) is 23.9 Å². The monoisotopic (exact) mass is 343 g/mol. The van der Waals surface area contributed by atoms with E-state index < -0.39 is 0 Å².